The van der Waals surface area contributed by atoms with Gasteiger partial charge in [0.1, 0.15) is 6.04 Å². The Hall–Kier alpha value is -4.27. The first-order chi connectivity index (χ1) is 17.3. The fraction of sp³-hybridized carbons (Fsp3) is 0.455. The number of urea groups is 1. The minimum atomic E-state index is -1.89. The van der Waals surface area contributed by atoms with Gasteiger partial charge >= 0.3 is 23.9 Å². The summed E-state index contributed by atoms with van der Waals surface area (Å²) in [7, 11) is 0. The molecule has 0 aliphatic heterocycles. The number of carboxylic acids is 3. The summed E-state index contributed by atoms with van der Waals surface area (Å²) in [6, 6.07) is 0.905. The van der Waals surface area contributed by atoms with E-state index in [-0.39, 0.29) is 30.0 Å². The van der Waals surface area contributed by atoms with Crippen LogP contribution in [0.3, 0.4) is 0 Å². The number of hydrogen-bond donors (Lipinski definition) is 7. The van der Waals surface area contributed by atoms with E-state index in [1.54, 1.807) is 0 Å². The van der Waals surface area contributed by atoms with Crippen molar-refractivity contribution in [1.29, 1.82) is 0 Å². The lowest BCUT2D eigenvalue weighted by molar-refractivity contribution is -0.158. The number of amides is 4. The molecule has 4 amide bonds. The first kappa shape index (κ1) is 30.8. The molecule has 0 radical (unpaired) electrons. The molecule has 0 aliphatic carbocycles. The highest BCUT2D eigenvalue weighted by Crippen LogP contribution is 2.11. The molecule has 37 heavy (non-hydrogen) atoms. The molecule has 0 heterocycles. The van der Waals surface area contributed by atoms with Crippen molar-refractivity contribution in [2.45, 2.75) is 57.3 Å². The van der Waals surface area contributed by atoms with Crippen molar-refractivity contribution >= 4 is 41.4 Å². The maximum atomic E-state index is 12.9. The number of carbonyl (C=O) groups excluding carboxylic acids is 3. The van der Waals surface area contributed by atoms with Gasteiger partial charge in [0.2, 0.25) is 0 Å². The lowest BCUT2D eigenvalue weighted by Gasteiger charge is -2.24. The number of carbonyl (C=O) groups is 6. The molecule has 0 bridgehead atoms. The van der Waals surface area contributed by atoms with E-state index in [0.717, 1.165) is 6.92 Å². The van der Waals surface area contributed by atoms with Gasteiger partial charge in [-0.1, -0.05) is 0 Å². The summed E-state index contributed by atoms with van der Waals surface area (Å²) in [6.07, 6.45) is -2.51. The highest BCUT2D eigenvalue weighted by molar-refractivity contribution is 5.96. The predicted octanol–water partition coefficient (Wildman–Crippen LogP) is 1.06. The van der Waals surface area contributed by atoms with Gasteiger partial charge in [0, 0.05) is 24.2 Å². The first-order valence-corrected chi connectivity index (χ1v) is 11.1. The van der Waals surface area contributed by atoms with Gasteiger partial charge in [-0.25, -0.2) is 18.8 Å². The van der Waals surface area contributed by atoms with E-state index in [0.29, 0.717) is 12.1 Å². The van der Waals surface area contributed by atoms with Gasteiger partial charge in [-0.15, -0.1) is 0 Å². The van der Waals surface area contributed by atoms with Crippen LogP contribution in [0.1, 0.15) is 49.4 Å². The first-order valence-electron chi connectivity index (χ1n) is 11.1. The number of unbranched alkanes of at least 4 members (excludes halogenated alkanes) is 1. The summed E-state index contributed by atoms with van der Waals surface area (Å²) in [5.74, 6) is -5.73. The second-order valence-electron chi connectivity index (χ2n) is 7.91. The van der Waals surface area contributed by atoms with E-state index in [4.69, 9.17) is 10.2 Å². The van der Waals surface area contributed by atoms with Crippen LogP contribution in [0.15, 0.2) is 24.3 Å². The van der Waals surface area contributed by atoms with Gasteiger partial charge in [0.15, 0.2) is 12.2 Å². The number of hydrogen-bond acceptors (Lipinski definition) is 7. The number of halogens is 1. The van der Waals surface area contributed by atoms with E-state index in [1.807, 2.05) is 5.32 Å². The van der Waals surface area contributed by atoms with Gasteiger partial charge in [0.05, 0.1) is 0 Å². The Morgan fingerprint density at radius 1 is 0.946 bits per heavy atom. The number of nitrogens with zero attached hydrogens (tertiary/aromatic N) is 1. The number of aliphatic carboxylic acids is 3. The number of benzene rings is 1. The highest BCUT2D eigenvalue weighted by Gasteiger charge is 2.31. The normalized spacial score (nSPS) is 12.9. The maximum absolute atomic E-state index is 12.9. The zero-order chi connectivity index (χ0) is 28.1. The number of alkyl halides is 1. The van der Waals surface area contributed by atoms with Crippen LogP contribution in [0.2, 0.25) is 0 Å². The minimum absolute atomic E-state index is 0.112. The van der Waals surface area contributed by atoms with E-state index < -0.39 is 66.9 Å². The highest BCUT2D eigenvalue weighted by atomic mass is 19.1. The third kappa shape index (κ3) is 10.9. The summed E-state index contributed by atoms with van der Waals surface area (Å²) in [6.45, 7) is 1.24. The zero-order valence-electron chi connectivity index (χ0n) is 19.8. The second-order valence-corrected chi connectivity index (χ2v) is 7.91. The second kappa shape index (κ2) is 15.0. The molecule has 1 aromatic carbocycles. The van der Waals surface area contributed by atoms with E-state index in [2.05, 4.69) is 10.6 Å². The van der Waals surface area contributed by atoms with Crippen molar-refractivity contribution in [3.8, 4) is 0 Å². The maximum Gasteiger partial charge on any atom is 0.342 e. The fourth-order valence-corrected chi connectivity index (χ4v) is 2.95. The Kier molecular flexibility index (Phi) is 12.5. The van der Waals surface area contributed by atoms with Crippen molar-refractivity contribution < 1.29 is 53.7 Å². The molecule has 0 saturated heterocycles. The summed E-state index contributed by atoms with van der Waals surface area (Å²) < 4.78 is 12.9. The largest absolute Gasteiger partial charge is 0.481 e. The summed E-state index contributed by atoms with van der Waals surface area (Å²) in [5.41, 5.74) is 0.576. The van der Waals surface area contributed by atoms with Crippen molar-refractivity contribution in [3.63, 3.8) is 0 Å². The topological polar surface area (TPSA) is 223 Å². The molecular formula is C22H29FN4O10. The molecule has 0 saturated carbocycles. The quantitative estimate of drug-likeness (QED) is 0.0973. The smallest absolute Gasteiger partial charge is 0.342 e. The van der Waals surface area contributed by atoms with E-state index in [1.165, 1.54) is 24.3 Å². The summed E-state index contributed by atoms with van der Waals surface area (Å²) in [4.78, 5) is 68.9. The Bertz CT molecular complexity index is 986. The Labute approximate surface area is 210 Å². The molecule has 204 valence electrons. The molecule has 0 fully saturated rings. The van der Waals surface area contributed by atoms with E-state index >= 15 is 0 Å². The van der Waals surface area contributed by atoms with Crippen LogP contribution in [0.4, 0.5) is 14.9 Å². The zero-order valence-corrected chi connectivity index (χ0v) is 19.8. The molecule has 3 atom stereocenters. The Balaban J connectivity index is 2.51. The van der Waals surface area contributed by atoms with Gasteiger partial charge in [-0.3, -0.25) is 19.6 Å². The molecule has 7 N–H and O–H groups in total. The molecular weight excluding hydrogens is 499 g/mol. The van der Waals surface area contributed by atoms with Gasteiger partial charge in [0.25, 0.3) is 11.8 Å². The number of hydroxylamine groups is 2. The van der Waals surface area contributed by atoms with E-state index in [9.17, 15) is 43.5 Å². The van der Waals surface area contributed by atoms with Crippen molar-refractivity contribution in [2.75, 3.05) is 11.9 Å². The van der Waals surface area contributed by atoms with Crippen LogP contribution < -0.4 is 16.0 Å². The summed E-state index contributed by atoms with van der Waals surface area (Å²) >= 11 is 0. The Morgan fingerprint density at radius 3 is 2.08 bits per heavy atom. The molecule has 0 spiro atoms. The number of nitrogens with one attached hydrogen (secondary N) is 3. The number of rotatable bonds is 15. The van der Waals surface area contributed by atoms with Crippen molar-refractivity contribution in [3.05, 3.63) is 29.8 Å². The molecule has 1 aromatic rings. The van der Waals surface area contributed by atoms with Gasteiger partial charge < -0.3 is 31.3 Å². The van der Waals surface area contributed by atoms with Gasteiger partial charge in [-0.05, 0) is 56.9 Å². The Morgan fingerprint density at radius 2 is 1.57 bits per heavy atom. The molecule has 15 heteroatoms. The average Bonchev–Trinajstić information content (AvgIpc) is 2.82. The van der Waals surface area contributed by atoms with Crippen LogP contribution >= 0.6 is 0 Å². The fourth-order valence-electron chi connectivity index (χ4n) is 2.95. The number of anilines is 1. The molecule has 1 rings (SSSR count). The van der Waals surface area contributed by atoms with Crippen LogP contribution in [-0.2, 0) is 19.2 Å². The average molecular weight is 528 g/mol. The third-order valence-electron chi connectivity index (χ3n) is 5.00. The SMILES string of the molecule is CC(F)C(=O)Nc1ccc(C(=O)NCCCCC(NC(=O)N(O)C(CCC(=O)O)C(=O)O)C(=O)O)cc1. The lowest BCUT2D eigenvalue weighted by atomic mass is 10.1. The lowest BCUT2D eigenvalue weighted by Crippen LogP contribution is -2.52. The molecule has 0 aromatic heterocycles. The molecule has 0 aliphatic rings. The third-order valence-corrected chi connectivity index (χ3v) is 5.00. The predicted molar refractivity (Wildman–Crippen MR) is 124 cm³/mol. The van der Waals surface area contributed by atoms with Crippen molar-refractivity contribution in [2.24, 2.45) is 0 Å². The van der Waals surface area contributed by atoms with Crippen LogP contribution in [0, 0.1) is 0 Å². The minimum Gasteiger partial charge on any atom is -0.481 e. The van der Waals surface area contributed by atoms with Crippen LogP contribution in [0.25, 0.3) is 0 Å². The molecule has 3 unspecified atom stereocenters. The molecule has 14 nitrogen and oxygen atoms in total. The van der Waals surface area contributed by atoms with Crippen LogP contribution in [0.5, 0.6) is 0 Å². The number of carboxylic acid groups (broad SMARTS) is 3. The standard InChI is InChI=1S/C22H29FN4O10/c1-12(23)18(30)25-14-7-5-13(6-8-14)19(31)24-11-3-2-4-15(20(32)33)26-22(36)27(37)16(21(34)35)9-10-17(28)29/h5-8,12,15-16,37H,2-4,9-11H2,1H3,(H,24,31)(H,25,30)(H,26,36)(H,28,29)(H,32,33)(H,34,35). The monoisotopic (exact) mass is 528 g/mol. The van der Waals surface area contributed by atoms with Crippen molar-refractivity contribution in [1.82, 2.24) is 15.7 Å². The van der Waals surface area contributed by atoms with Crippen LogP contribution in [-0.4, -0.2) is 86.1 Å². The summed E-state index contributed by atoms with van der Waals surface area (Å²) in [5, 5.41) is 43.5. The van der Waals surface area contributed by atoms with Gasteiger partial charge in [-0.2, -0.15) is 5.06 Å².